The van der Waals surface area contributed by atoms with Crippen molar-refractivity contribution in [3.8, 4) is 0 Å². The zero-order chi connectivity index (χ0) is 14.1. The molecule has 0 saturated heterocycles. The van der Waals surface area contributed by atoms with Crippen LogP contribution < -0.4 is 5.32 Å². The Hall–Kier alpha value is -1.54. The molecule has 0 amide bonds. The zero-order valence-electron chi connectivity index (χ0n) is 11.9. The third-order valence-corrected chi connectivity index (χ3v) is 4.43. The fraction of sp³-hybridized carbons (Fsp3) is 0.353. The molecule has 20 heavy (non-hydrogen) atoms. The molecular formula is C17H19ClN2. The van der Waals surface area contributed by atoms with Crippen LogP contribution in [0.4, 0.5) is 5.69 Å². The van der Waals surface area contributed by atoms with Gasteiger partial charge in [0.15, 0.2) is 5.15 Å². The van der Waals surface area contributed by atoms with Crippen LogP contribution in [0.1, 0.15) is 35.4 Å². The van der Waals surface area contributed by atoms with Gasteiger partial charge in [0.1, 0.15) is 0 Å². The van der Waals surface area contributed by atoms with Gasteiger partial charge in [-0.15, -0.1) is 0 Å². The van der Waals surface area contributed by atoms with Crippen LogP contribution in [0.5, 0.6) is 0 Å². The molecule has 1 fully saturated rings. The molecule has 1 aromatic heterocycles. The Balaban J connectivity index is 1.62. The molecule has 0 aliphatic heterocycles. The molecule has 0 radical (unpaired) electrons. The molecule has 1 saturated carbocycles. The second-order valence-corrected chi connectivity index (χ2v) is 6.07. The number of aryl methyl sites for hydroxylation is 2. The number of halogens is 1. The van der Waals surface area contributed by atoms with Crippen LogP contribution >= 0.6 is 11.6 Å². The maximum atomic E-state index is 6.15. The van der Waals surface area contributed by atoms with Gasteiger partial charge in [0.2, 0.25) is 0 Å². The van der Waals surface area contributed by atoms with Crippen LogP contribution in [0.2, 0.25) is 5.15 Å². The first-order valence-electron chi connectivity index (χ1n) is 7.07. The first-order chi connectivity index (χ1) is 9.63. The normalized spacial score (nSPS) is 21.4. The predicted molar refractivity (Wildman–Crippen MR) is 84.5 cm³/mol. The molecule has 3 heteroatoms. The Labute approximate surface area is 125 Å². The van der Waals surface area contributed by atoms with Crippen molar-refractivity contribution >= 4 is 17.3 Å². The summed E-state index contributed by atoms with van der Waals surface area (Å²) in [5.74, 6) is 0.670. The molecule has 0 atom stereocenters. The minimum Gasteiger partial charge on any atom is -0.380 e. The molecule has 1 aromatic carbocycles. The van der Waals surface area contributed by atoms with Crippen LogP contribution in [-0.2, 0) is 0 Å². The number of hydrogen-bond acceptors (Lipinski definition) is 2. The molecular weight excluding hydrogens is 268 g/mol. The van der Waals surface area contributed by atoms with E-state index in [4.69, 9.17) is 11.6 Å². The lowest BCUT2D eigenvalue weighted by Crippen LogP contribution is -2.34. The van der Waals surface area contributed by atoms with Gasteiger partial charge in [0, 0.05) is 12.2 Å². The summed E-state index contributed by atoms with van der Waals surface area (Å²) in [6, 6.07) is 11.4. The Morgan fingerprint density at radius 3 is 2.45 bits per heavy atom. The molecule has 104 valence electrons. The Morgan fingerprint density at radius 1 is 1.10 bits per heavy atom. The second kappa shape index (κ2) is 5.45. The van der Waals surface area contributed by atoms with E-state index in [0.717, 1.165) is 24.1 Å². The molecule has 2 aromatic rings. The number of pyridine rings is 1. The fourth-order valence-electron chi connectivity index (χ4n) is 2.75. The highest BCUT2D eigenvalue weighted by molar-refractivity contribution is 6.32. The highest BCUT2D eigenvalue weighted by Gasteiger charge is 2.30. The summed E-state index contributed by atoms with van der Waals surface area (Å²) in [5, 5.41) is 4.10. The third kappa shape index (κ3) is 2.66. The van der Waals surface area contributed by atoms with Crippen molar-refractivity contribution < 1.29 is 0 Å². The van der Waals surface area contributed by atoms with Crippen LogP contribution in [-0.4, -0.2) is 11.0 Å². The smallest absolute Gasteiger partial charge is 0.152 e. The third-order valence-electron chi connectivity index (χ3n) is 4.15. The minimum atomic E-state index is 0.502. The van der Waals surface area contributed by atoms with Gasteiger partial charge in [-0.2, -0.15) is 0 Å². The van der Waals surface area contributed by atoms with Crippen LogP contribution in [0, 0.1) is 13.8 Å². The van der Waals surface area contributed by atoms with Gasteiger partial charge >= 0.3 is 0 Å². The van der Waals surface area contributed by atoms with Gasteiger partial charge in [0.25, 0.3) is 0 Å². The number of nitrogens with one attached hydrogen (secondary N) is 1. The maximum Gasteiger partial charge on any atom is 0.152 e. The predicted octanol–water partition coefficient (Wildman–Crippen LogP) is 4.71. The van der Waals surface area contributed by atoms with Crippen LogP contribution in [0.15, 0.2) is 36.5 Å². The van der Waals surface area contributed by atoms with E-state index in [9.17, 15) is 0 Å². The summed E-state index contributed by atoms with van der Waals surface area (Å²) in [7, 11) is 0. The summed E-state index contributed by atoms with van der Waals surface area (Å²) in [5.41, 5.74) is 4.91. The first-order valence-corrected chi connectivity index (χ1v) is 7.45. The molecule has 0 spiro atoms. The van der Waals surface area contributed by atoms with Crippen molar-refractivity contribution in [1.29, 1.82) is 0 Å². The Kier molecular flexibility index (Phi) is 3.66. The van der Waals surface area contributed by atoms with Crippen LogP contribution in [0.3, 0.4) is 0 Å². The lowest BCUT2D eigenvalue weighted by Gasteiger charge is -2.37. The monoisotopic (exact) mass is 286 g/mol. The van der Waals surface area contributed by atoms with Gasteiger partial charge in [-0.3, -0.25) is 0 Å². The van der Waals surface area contributed by atoms with Gasteiger partial charge in [0.05, 0.1) is 5.69 Å². The Morgan fingerprint density at radius 2 is 1.80 bits per heavy atom. The van der Waals surface area contributed by atoms with Crippen molar-refractivity contribution in [1.82, 2.24) is 4.98 Å². The molecule has 1 aliphatic carbocycles. The van der Waals surface area contributed by atoms with Crippen molar-refractivity contribution in [3.63, 3.8) is 0 Å². The lowest BCUT2D eigenvalue weighted by atomic mass is 9.75. The van der Waals surface area contributed by atoms with Gasteiger partial charge in [-0.1, -0.05) is 41.4 Å². The standard InChI is InChI=1S/C17H19ClN2/c1-11-3-5-13(6-4-11)14-9-15(10-14)20-16-12(2)7-8-19-17(16)18/h3-8,14-15,20H,9-10H2,1-2H3. The molecule has 2 nitrogen and oxygen atoms in total. The summed E-state index contributed by atoms with van der Waals surface area (Å²) in [6.45, 7) is 4.19. The van der Waals surface area contributed by atoms with Crippen molar-refractivity contribution in [2.24, 2.45) is 0 Å². The van der Waals surface area contributed by atoms with Gasteiger partial charge in [-0.05, 0) is 49.8 Å². The van der Waals surface area contributed by atoms with E-state index in [1.165, 1.54) is 11.1 Å². The topological polar surface area (TPSA) is 24.9 Å². The molecule has 3 rings (SSSR count). The quantitative estimate of drug-likeness (QED) is 0.827. The van der Waals surface area contributed by atoms with Gasteiger partial charge in [-0.25, -0.2) is 4.98 Å². The van der Waals surface area contributed by atoms with E-state index >= 15 is 0 Å². The summed E-state index contributed by atoms with van der Waals surface area (Å²) < 4.78 is 0. The number of benzene rings is 1. The minimum absolute atomic E-state index is 0.502. The highest BCUT2D eigenvalue weighted by Crippen LogP contribution is 2.39. The number of rotatable bonds is 3. The van der Waals surface area contributed by atoms with E-state index < -0.39 is 0 Å². The van der Waals surface area contributed by atoms with Crippen molar-refractivity contribution in [2.75, 3.05) is 5.32 Å². The number of anilines is 1. The fourth-order valence-corrected chi connectivity index (χ4v) is 3.01. The summed E-state index contributed by atoms with van der Waals surface area (Å²) >= 11 is 6.15. The lowest BCUT2D eigenvalue weighted by molar-refractivity contribution is 0.374. The average Bonchev–Trinajstić information content (AvgIpc) is 2.38. The Bertz CT molecular complexity index is 581. The number of aromatic nitrogens is 1. The summed E-state index contributed by atoms with van der Waals surface area (Å²) in [6.07, 6.45) is 4.07. The summed E-state index contributed by atoms with van der Waals surface area (Å²) in [4.78, 5) is 4.14. The second-order valence-electron chi connectivity index (χ2n) is 5.71. The molecule has 0 bridgehead atoms. The average molecular weight is 287 g/mol. The largest absolute Gasteiger partial charge is 0.380 e. The zero-order valence-corrected chi connectivity index (χ0v) is 12.6. The SMILES string of the molecule is Cc1ccc(C2CC(Nc3c(C)ccnc3Cl)C2)cc1. The van der Waals surface area contributed by atoms with E-state index in [1.54, 1.807) is 6.20 Å². The van der Waals surface area contributed by atoms with E-state index in [0.29, 0.717) is 17.1 Å². The van der Waals surface area contributed by atoms with Crippen molar-refractivity contribution in [2.45, 2.75) is 38.6 Å². The van der Waals surface area contributed by atoms with E-state index in [1.807, 2.05) is 6.07 Å². The van der Waals surface area contributed by atoms with Crippen molar-refractivity contribution in [3.05, 3.63) is 58.4 Å². The molecule has 1 heterocycles. The highest BCUT2D eigenvalue weighted by atomic mass is 35.5. The molecule has 1 aliphatic rings. The van der Waals surface area contributed by atoms with Gasteiger partial charge < -0.3 is 5.32 Å². The first kappa shape index (κ1) is 13.4. The molecule has 1 N–H and O–H groups in total. The molecule has 0 unspecified atom stereocenters. The maximum absolute atomic E-state index is 6.15. The number of nitrogens with zero attached hydrogens (tertiary/aromatic N) is 1. The van der Waals surface area contributed by atoms with Crippen LogP contribution in [0.25, 0.3) is 0 Å². The van der Waals surface area contributed by atoms with E-state index in [-0.39, 0.29) is 0 Å². The van der Waals surface area contributed by atoms with E-state index in [2.05, 4.69) is 48.4 Å². The number of hydrogen-bond donors (Lipinski definition) is 1.